The van der Waals surface area contributed by atoms with Crippen molar-refractivity contribution in [2.24, 2.45) is 17.8 Å². The van der Waals surface area contributed by atoms with Crippen LogP contribution in [0, 0.1) is 17.8 Å². The first kappa shape index (κ1) is 41.2. The van der Waals surface area contributed by atoms with Gasteiger partial charge in [-0.3, -0.25) is 28.8 Å². The fourth-order valence-electron chi connectivity index (χ4n) is 8.34. The number of ether oxygens (including phenoxy) is 1. The van der Waals surface area contributed by atoms with Crippen molar-refractivity contribution < 1.29 is 37.4 Å². The maximum Gasteiger partial charge on any atom is 0.408 e. The molecule has 1 saturated heterocycles. The summed E-state index contributed by atoms with van der Waals surface area (Å²) in [6.45, 7) is 14.1. The van der Waals surface area contributed by atoms with Crippen LogP contribution in [0.1, 0.15) is 106 Å². The third-order valence-corrected chi connectivity index (χ3v) is 14.1. The van der Waals surface area contributed by atoms with Crippen molar-refractivity contribution in [1.29, 1.82) is 0 Å². The Bertz CT molecular complexity index is 2110. The van der Waals surface area contributed by atoms with E-state index in [0.29, 0.717) is 36.5 Å². The number of carbonyl (C=O) groups excluding carboxylic acids is 3. The first-order valence-electron chi connectivity index (χ1n) is 19.7. The van der Waals surface area contributed by atoms with E-state index in [-0.39, 0.29) is 42.8 Å². The predicted octanol–water partition coefficient (Wildman–Crippen LogP) is 4.36. The summed E-state index contributed by atoms with van der Waals surface area (Å²) in [6.07, 6.45) is 4.48. The number of allylic oxidation sites excluding steroid dienone is 1. The van der Waals surface area contributed by atoms with Gasteiger partial charge in [-0.1, -0.05) is 38.1 Å². The van der Waals surface area contributed by atoms with Crippen molar-refractivity contribution in [3.8, 4) is 5.88 Å². The first-order valence-corrected chi connectivity index (χ1v) is 21.1. The van der Waals surface area contributed by atoms with Gasteiger partial charge in [-0.15, -0.1) is 5.10 Å². The fraction of sp³-hybridized carbons (Fsp3) is 0.650. The molecule has 15 nitrogen and oxygen atoms in total. The number of nitrogens with one attached hydrogen (secondary N) is 2. The highest BCUT2D eigenvalue weighted by Gasteiger charge is 2.63. The molecule has 2 aliphatic carbocycles. The third-order valence-electron chi connectivity index (χ3n) is 12.0. The molecule has 2 aliphatic heterocycles. The first-order chi connectivity index (χ1) is 26.1. The monoisotopic (exact) mass is 796 g/mol. The van der Waals surface area contributed by atoms with Crippen molar-refractivity contribution >= 4 is 44.6 Å². The average Bonchev–Trinajstić information content (AvgIpc) is 3.98. The highest BCUT2D eigenvalue weighted by atomic mass is 32.2. The highest BCUT2D eigenvalue weighted by Crippen LogP contribution is 2.48. The lowest BCUT2D eigenvalue weighted by atomic mass is 9.85. The SMILES string of the molecule is CC(C)n1nc(O[C@@H]2C[C@H]3C(=O)N[C@]4(C(=O)NS(=O)(=O)C5(C)CC5)C[C@H]4C=CCC[C@H](C)C[C@@H](C)[C@H](N(C(=O)O)C(C)(C)C)C(=O)N3C2)c2ccccc2c1=O. The van der Waals surface area contributed by atoms with Crippen LogP contribution in [0.15, 0.2) is 41.2 Å². The quantitative estimate of drug-likeness (QED) is 0.339. The number of benzene rings is 1. The van der Waals surface area contributed by atoms with Crippen LogP contribution >= 0.6 is 0 Å². The van der Waals surface area contributed by atoms with Crippen LogP contribution in [0.25, 0.3) is 10.8 Å². The van der Waals surface area contributed by atoms with Gasteiger partial charge in [0.05, 0.1) is 28.1 Å². The lowest BCUT2D eigenvalue weighted by Gasteiger charge is -2.43. The smallest absolute Gasteiger partial charge is 0.408 e. The summed E-state index contributed by atoms with van der Waals surface area (Å²) in [5, 5.41) is 18.9. The Morgan fingerprint density at radius 1 is 1.09 bits per heavy atom. The predicted molar refractivity (Wildman–Crippen MR) is 209 cm³/mol. The molecule has 306 valence electrons. The Morgan fingerprint density at radius 3 is 2.36 bits per heavy atom. The van der Waals surface area contributed by atoms with Crippen molar-refractivity contribution in [3.63, 3.8) is 0 Å². The van der Waals surface area contributed by atoms with Crippen LogP contribution in [0.5, 0.6) is 5.88 Å². The number of carboxylic acid groups (broad SMARTS) is 1. The van der Waals surface area contributed by atoms with Crippen molar-refractivity contribution in [1.82, 2.24) is 29.6 Å². The van der Waals surface area contributed by atoms with Gasteiger partial charge in [0.15, 0.2) is 0 Å². The zero-order valence-electron chi connectivity index (χ0n) is 33.6. The number of hydrogen-bond donors (Lipinski definition) is 3. The molecule has 2 saturated carbocycles. The van der Waals surface area contributed by atoms with Crippen LogP contribution in [-0.2, 0) is 24.4 Å². The van der Waals surface area contributed by atoms with Crippen LogP contribution in [-0.4, -0.2) is 97.5 Å². The lowest BCUT2D eigenvalue weighted by Crippen LogP contribution is -2.62. The van der Waals surface area contributed by atoms with Gasteiger partial charge in [-0.05, 0) is 104 Å². The Morgan fingerprint density at radius 2 is 1.75 bits per heavy atom. The average molecular weight is 797 g/mol. The largest absolute Gasteiger partial charge is 0.471 e. The van der Waals surface area contributed by atoms with Gasteiger partial charge in [0.1, 0.15) is 23.7 Å². The molecular formula is C40H56N6O9S. The van der Waals surface area contributed by atoms with E-state index in [1.54, 1.807) is 52.0 Å². The second kappa shape index (κ2) is 14.8. The standard InChI is InChI=1S/C40H56N6O9S/c1-23(2)46-34(48)29-16-12-11-15-28(29)33(42-46)55-27-20-30-32(47)41-40(36(50)43-56(53,54)39(8)17-18-39)21-26(40)14-10-9-13-24(3)19-25(4)31(35(49)44(30)22-27)45(37(51)52)38(5,6)7/h10-12,14-16,23-27,30-31H,9,13,17-22H2,1-8H3,(H,41,47)(H,43,50)(H,51,52)/t24-,25+,26+,27+,30-,31-,40+/m0/s1. The van der Waals surface area contributed by atoms with E-state index >= 15 is 4.79 Å². The van der Waals surface area contributed by atoms with Gasteiger partial charge < -0.3 is 20.1 Å². The van der Waals surface area contributed by atoms with E-state index in [1.165, 1.54) is 9.58 Å². The number of hydrogen-bond acceptors (Lipinski definition) is 9. The molecule has 2 aromatic rings. The third kappa shape index (κ3) is 7.77. The van der Waals surface area contributed by atoms with Gasteiger partial charge in [0, 0.05) is 17.9 Å². The van der Waals surface area contributed by atoms with Gasteiger partial charge >= 0.3 is 6.09 Å². The topological polar surface area (TPSA) is 197 Å². The zero-order chi connectivity index (χ0) is 41.1. The van der Waals surface area contributed by atoms with Crippen LogP contribution in [0.2, 0.25) is 0 Å². The van der Waals surface area contributed by atoms with E-state index in [1.807, 2.05) is 39.8 Å². The Hall–Kier alpha value is -4.47. The summed E-state index contributed by atoms with van der Waals surface area (Å²) in [6, 6.07) is 4.16. The molecule has 3 N–H and O–H groups in total. The van der Waals surface area contributed by atoms with Crippen molar-refractivity contribution in [3.05, 3.63) is 46.8 Å². The van der Waals surface area contributed by atoms with Gasteiger partial charge in [0.25, 0.3) is 11.5 Å². The molecule has 0 bridgehead atoms. The minimum absolute atomic E-state index is 0.0525. The molecule has 1 aromatic heterocycles. The number of fused-ring (bicyclic) bond motifs is 3. The zero-order valence-corrected chi connectivity index (χ0v) is 34.4. The molecular weight excluding hydrogens is 741 g/mol. The van der Waals surface area contributed by atoms with E-state index in [0.717, 1.165) is 11.3 Å². The van der Waals surface area contributed by atoms with Crippen LogP contribution in [0.4, 0.5) is 4.79 Å². The van der Waals surface area contributed by atoms with Crippen LogP contribution < -0.4 is 20.3 Å². The number of amides is 4. The molecule has 3 heterocycles. The fourth-order valence-corrected chi connectivity index (χ4v) is 9.65. The summed E-state index contributed by atoms with van der Waals surface area (Å²) < 4.78 is 35.5. The molecule has 0 spiro atoms. The van der Waals surface area contributed by atoms with E-state index in [4.69, 9.17) is 4.74 Å². The van der Waals surface area contributed by atoms with Crippen LogP contribution in [0.3, 0.4) is 0 Å². The number of aromatic nitrogens is 2. The van der Waals surface area contributed by atoms with E-state index < -0.39 is 79.7 Å². The van der Waals surface area contributed by atoms with Crippen molar-refractivity contribution in [2.75, 3.05) is 6.54 Å². The molecule has 16 heteroatoms. The minimum atomic E-state index is -4.03. The van der Waals surface area contributed by atoms with Gasteiger partial charge in [-0.25, -0.2) is 17.9 Å². The maximum atomic E-state index is 15.1. The molecule has 4 amide bonds. The lowest BCUT2D eigenvalue weighted by molar-refractivity contribution is -0.146. The molecule has 0 unspecified atom stereocenters. The maximum absolute atomic E-state index is 15.1. The van der Waals surface area contributed by atoms with Gasteiger partial charge in [-0.2, -0.15) is 0 Å². The number of sulfonamides is 1. The normalized spacial score (nSPS) is 29.4. The summed E-state index contributed by atoms with van der Waals surface area (Å²) in [5.74, 6) is -2.83. The van der Waals surface area contributed by atoms with E-state index in [9.17, 15) is 32.7 Å². The Kier molecular flexibility index (Phi) is 10.9. The highest BCUT2D eigenvalue weighted by molar-refractivity contribution is 7.91. The number of carbonyl (C=O) groups is 4. The van der Waals surface area contributed by atoms with Gasteiger partial charge in [0.2, 0.25) is 27.7 Å². The Labute approximate surface area is 328 Å². The summed E-state index contributed by atoms with van der Waals surface area (Å²) in [5.41, 5.74) is -2.88. The Balaban J connectivity index is 1.42. The minimum Gasteiger partial charge on any atom is -0.471 e. The molecule has 6 rings (SSSR count). The summed E-state index contributed by atoms with van der Waals surface area (Å²) >= 11 is 0. The molecule has 7 atom stereocenters. The molecule has 1 aromatic carbocycles. The second-order valence-electron chi connectivity index (χ2n) is 17.9. The molecule has 56 heavy (non-hydrogen) atoms. The van der Waals surface area contributed by atoms with Crippen molar-refractivity contribution in [2.45, 2.75) is 140 Å². The summed E-state index contributed by atoms with van der Waals surface area (Å²) in [7, 11) is -4.03. The molecule has 4 aliphatic rings. The molecule has 3 fully saturated rings. The summed E-state index contributed by atoms with van der Waals surface area (Å²) in [4.78, 5) is 72.5. The number of rotatable bonds is 7. The number of nitrogens with zero attached hydrogens (tertiary/aromatic N) is 4. The van der Waals surface area contributed by atoms with E-state index in [2.05, 4.69) is 15.1 Å². The molecule has 0 radical (unpaired) electrons. The second-order valence-corrected chi connectivity index (χ2v) is 20.1.